The summed E-state index contributed by atoms with van der Waals surface area (Å²) in [6.07, 6.45) is 3.10. The number of nitrogens with one attached hydrogen (secondary N) is 1. The molecule has 2 aromatic carbocycles. The molecular formula is C21H23N3O3S2. The van der Waals surface area contributed by atoms with Crippen LogP contribution in [0.5, 0.6) is 0 Å². The van der Waals surface area contributed by atoms with Crippen LogP contribution in [0.25, 0.3) is 16.3 Å². The fourth-order valence-electron chi connectivity index (χ4n) is 2.63. The largest absolute Gasteiger partial charge is 0.352 e. The number of hydrogen-bond acceptors (Lipinski definition) is 5. The highest BCUT2D eigenvalue weighted by Gasteiger charge is 2.16. The fourth-order valence-corrected chi connectivity index (χ4v) is 4.55. The van der Waals surface area contributed by atoms with E-state index < -0.39 is 10.0 Å². The van der Waals surface area contributed by atoms with Gasteiger partial charge in [0, 0.05) is 32.6 Å². The van der Waals surface area contributed by atoms with Crippen molar-refractivity contribution in [3.05, 3.63) is 65.2 Å². The summed E-state index contributed by atoms with van der Waals surface area (Å²) in [7, 11) is -0.477. The molecule has 0 saturated carbocycles. The minimum Gasteiger partial charge on any atom is -0.352 e. The normalized spacial score (nSPS) is 13.2. The van der Waals surface area contributed by atoms with Crippen molar-refractivity contribution in [3.63, 3.8) is 0 Å². The van der Waals surface area contributed by atoms with E-state index >= 15 is 0 Å². The number of para-hydroxylation sites is 1. The number of nitrogens with zero attached hydrogens (tertiary/aromatic N) is 2. The van der Waals surface area contributed by atoms with E-state index in [4.69, 9.17) is 0 Å². The Hall–Kier alpha value is -2.55. The lowest BCUT2D eigenvalue weighted by Crippen LogP contribution is -2.25. The maximum Gasteiger partial charge on any atom is 0.244 e. The first kappa shape index (κ1) is 21.2. The van der Waals surface area contributed by atoms with Crippen molar-refractivity contribution in [2.45, 2.75) is 17.7 Å². The van der Waals surface area contributed by atoms with Gasteiger partial charge in [0.25, 0.3) is 0 Å². The van der Waals surface area contributed by atoms with Crippen LogP contribution in [0, 0.1) is 0 Å². The third-order valence-corrected chi connectivity index (χ3v) is 7.50. The third-order valence-electron chi connectivity index (χ3n) is 4.40. The molecule has 0 aliphatic heterocycles. The van der Waals surface area contributed by atoms with E-state index in [9.17, 15) is 13.2 Å². The molecule has 0 spiro atoms. The predicted octanol–water partition coefficient (Wildman–Crippen LogP) is 3.48. The molecule has 1 aromatic heterocycles. The maximum atomic E-state index is 12.1. The minimum atomic E-state index is -3.45. The highest BCUT2D eigenvalue weighted by Crippen LogP contribution is 2.26. The molecule has 6 nitrogen and oxygen atoms in total. The highest BCUT2D eigenvalue weighted by atomic mass is 32.2. The van der Waals surface area contributed by atoms with E-state index in [2.05, 4.69) is 10.3 Å². The van der Waals surface area contributed by atoms with Crippen molar-refractivity contribution in [1.82, 2.24) is 14.6 Å². The number of fused-ring (bicyclic) bond motifs is 1. The van der Waals surface area contributed by atoms with E-state index in [0.717, 1.165) is 25.1 Å². The van der Waals surface area contributed by atoms with Gasteiger partial charge in [-0.25, -0.2) is 17.7 Å². The monoisotopic (exact) mass is 429 g/mol. The molecule has 0 aliphatic carbocycles. The molecule has 1 atom stereocenters. The van der Waals surface area contributed by atoms with Crippen molar-refractivity contribution in [2.24, 2.45) is 0 Å². The molecule has 0 aliphatic rings. The summed E-state index contributed by atoms with van der Waals surface area (Å²) < 4.78 is 26.4. The van der Waals surface area contributed by atoms with Gasteiger partial charge in [-0.1, -0.05) is 31.2 Å². The van der Waals surface area contributed by atoms with Gasteiger partial charge < -0.3 is 5.32 Å². The molecule has 0 bridgehead atoms. The number of sulfonamides is 1. The topological polar surface area (TPSA) is 79.4 Å². The van der Waals surface area contributed by atoms with Crippen LogP contribution in [0.1, 0.15) is 23.4 Å². The van der Waals surface area contributed by atoms with Gasteiger partial charge >= 0.3 is 0 Å². The first-order valence-corrected chi connectivity index (χ1v) is 11.4. The van der Waals surface area contributed by atoms with E-state index in [0.29, 0.717) is 6.54 Å². The van der Waals surface area contributed by atoms with Gasteiger partial charge in [0.2, 0.25) is 15.9 Å². The zero-order valence-corrected chi connectivity index (χ0v) is 18.1. The molecule has 29 heavy (non-hydrogen) atoms. The smallest absolute Gasteiger partial charge is 0.244 e. The average Bonchev–Trinajstić information content (AvgIpc) is 3.15. The lowest BCUT2D eigenvalue weighted by atomic mass is 10.2. The summed E-state index contributed by atoms with van der Waals surface area (Å²) in [6, 6.07) is 14.4. The summed E-state index contributed by atoms with van der Waals surface area (Å²) in [4.78, 5) is 17.0. The summed E-state index contributed by atoms with van der Waals surface area (Å²) in [5.41, 5.74) is 1.72. The maximum absolute atomic E-state index is 12.1. The van der Waals surface area contributed by atoms with Gasteiger partial charge in [0.15, 0.2) is 0 Å². The lowest BCUT2D eigenvalue weighted by molar-refractivity contribution is -0.116. The summed E-state index contributed by atoms with van der Waals surface area (Å²) in [6.45, 7) is 2.52. The molecule has 1 unspecified atom stereocenters. The summed E-state index contributed by atoms with van der Waals surface area (Å²) in [5.74, 6) is -0.0942. The van der Waals surface area contributed by atoms with Crippen molar-refractivity contribution < 1.29 is 13.2 Å². The fraction of sp³-hybridized carbons (Fsp3) is 0.238. The number of rotatable bonds is 7. The first-order valence-electron chi connectivity index (χ1n) is 9.11. The van der Waals surface area contributed by atoms with Gasteiger partial charge in [0.1, 0.15) is 0 Å². The van der Waals surface area contributed by atoms with Crippen molar-refractivity contribution in [1.29, 1.82) is 0 Å². The molecule has 152 valence electrons. The van der Waals surface area contributed by atoms with Gasteiger partial charge in [-0.3, -0.25) is 4.79 Å². The number of carbonyl (C=O) groups is 1. The lowest BCUT2D eigenvalue weighted by Gasteiger charge is -2.11. The molecule has 3 aromatic rings. The third kappa shape index (κ3) is 5.09. The predicted molar refractivity (Wildman–Crippen MR) is 117 cm³/mol. The van der Waals surface area contributed by atoms with Gasteiger partial charge in [-0.2, -0.15) is 0 Å². The van der Waals surface area contributed by atoms with Crippen LogP contribution >= 0.6 is 11.3 Å². The Morgan fingerprint density at radius 3 is 2.52 bits per heavy atom. The molecule has 3 rings (SSSR count). The molecule has 0 radical (unpaired) electrons. The Balaban J connectivity index is 1.56. The second-order valence-electron chi connectivity index (χ2n) is 6.86. The summed E-state index contributed by atoms with van der Waals surface area (Å²) >= 11 is 1.64. The molecular weight excluding hydrogens is 406 g/mol. The van der Waals surface area contributed by atoms with Crippen LogP contribution in [0.2, 0.25) is 0 Å². The molecule has 1 heterocycles. The standard InChI is InChI=1S/C21H23N3O3S2/c1-15(21-23-18-6-4-5-7-19(18)28-21)14-22-20(25)13-10-16-8-11-17(12-9-16)29(26,27)24(2)3/h4-13,15H,14H2,1-3H3,(H,22,25)/b13-10+. The Bertz CT molecular complexity index is 1100. The van der Waals surface area contributed by atoms with Gasteiger partial charge in [-0.05, 0) is 35.9 Å². The second-order valence-corrected chi connectivity index (χ2v) is 10.1. The summed E-state index contributed by atoms with van der Waals surface area (Å²) in [5, 5.41) is 3.88. The Kier molecular flexibility index (Phi) is 6.46. The number of carbonyl (C=O) groups excluding carboxylic acids is 1. The highest BCUT2D eigenvalue weighted by molar-refractivity contribution is 7.89. The minimum absolute atomic E-state index is 0.111. The van der Waals surface area contributed by atoms with Crippen LogP contribution in [0.3, 0.4) is 0 Å². The molecule has 8 heteroatoms. The Labute approximate surface area is 174 Å². The van der Waals surface area contributed by atoms with Crippen LogP contribution in [0.15, 0.2) is 59.5 Å². The number of benzene rings is 2. The quantitative estimate of drug-likeness (QED) is 0.583. The molecule has 0 fully saturated rings. The van der Waals surface area contributed by atoms with Crippen LogP contribution in [-0.4, -0.2) is 44.3 Å². The first-order chi connectivity index (χ1) is 13.8. The van der Waals surface area contributed by atoms with Gasteiger partial charge in [-0.15, -0.1) is 11.3 Å². The van der Waals surface area contributed by atoms with Crippen molar-refractivity contribution >= 4 is 43.6 Å². The van der Waals surface area contributed by atoms with E-state index in [-0.39, 0.29) is 16.7 Å². The van der Waals surface area contributed by atoms with E-state index in [1.54, 1.807) is 29.5 Å². The number of aromatic nitrogens is 1. The zero-order valence-electron chi connectivity index (χ0n) is 16.5. The van der Waals surface area contributed by atoms with E-state index in [1.807, 2.05) is 31.2 Å². The Morgan fingerprint density at radius 2 is 1.86 bits per heavy atom. The number of thiazole rings is 1. The SMILES string of the molecule is CC(CNC(=O)/C=C/c1ccc(S(=O)(=O)N(C)C)cc1)c1nc2ccccc2s1. The molecule has 1 amide bonds. The van der Waals surface area contributed by atoms with E-state index in [1.165, 1.54) is 32.3 Å². The number of hydrogen-bond donors (Lipinski definition) is 1. The van der Waals surface area contributed by atoms with Gasteiger partial charge in [0.05, 0.1) is 20.1 Å². The van der Waals surface area contributed by atoms with Crippen LogP contribution in [-0.2, 0) is 14.8 Å². The Morgan fingerprint density at radius 1 is 1.17 bits per heavy atom. The zero-order chi connectivity index (χ0) is 21.0. The number of amides is 1. The van der Waals surface area contributed by atoms with Crippen LogP contribution in [0.4, 0.5) is 0 Å². The second kappa shape index (κ2) is 8.86. The van der Waals surface area contributed by atoms with Crippen LogP contribution < -0.4 is 5.32 Å². The van der Waals surface area contributed by atoms with Crippen molar-refractivity contribution in [3.8, 4) is 0 Å². The van der Waals surface area contributed by atoms with Crippen molar-refractivity contribution in [2.75, 3.05) is 20.6 Å². The molecule has 1 N–H and O–H groups in total. The molecule has 0 saturated heterocycles. The average molecular weight is 430 g/mol.